The fraction of sp³-hybridized carbons (Fsp3) is 0.357. The number of pyridine rings is 1. The minimum absolute atomic E-state index is 0.149. The summed E-state index contributed by atoms with van der Waals surface area (Å²) in [7, 11) is -3.59. The molecule has 1 aromatic carbocycles. The van der Waals surface area contributed by atoms with Gasteiger partial charge in [-0.3, -0.25) is 0 Å². The van der Waals surface area contributed by atoms with E-state index in [1.165, 1.54) is 10.4 Å². The lowest BCUT2D eigenvalue weighted by atomic mass is 10.2. The molecule has 1 saturated heterocycles. The Labute approximate surface area is 128 Å². The number of aromatic nitrogens is 1. The maximum absolute atomic E-state index is 12.7. The Hall–Kier alpha value is -1.21. The molecule has 1 unspecified atom stereocenters. The summed E-state index contributed by atoms with van der Waals surface area (Å²) in [6, 6.07) is 7.84. The van der Waals surface area contributed by atoms with E-state index in [0.29, 0.717) is 23.6 Å². The number of aliphatic hydroxyl groups excluding tert-OH is 1. The molecule has 0 amide bonds. The van der Waals surface area contributed by atoms with Crippen LogP contribution in [0.15, 0.2) is 35.2 Å². The van der Waals surface area contributed by atoms with Crippen molar-refractivity contribution in [3.05, 3.63) is 35.5 Å². The molecule has 3 rings (SSSR count). The largest absolute Gasteiger partial charge is 0.395 e. The zero-order valence-electron chi connectivity index (χ0n) is 11.2. The van der Waals surface area contributed by atoms with Crippen LogP contribution in [0.1, 0.15) is 12.8 Å². The third-order valence-electron chi connectivity index (χ3n) is 3.77. The van der Waals surface area contributed by atoms with Gasteiger partial charge in [0, 0.05) is 18.0 Å². The highest BCUT2D eigenvalue weighted by Gasteiger charge is 2.34. The van der Waals surface area contributed by atoms with Crippen LogP contribution in [0.5, 0.6) is 0 Å². The average Bonchev–Trinajstić information content (AvgIpc) is 2.95. The molecule has 1 aromatic heterocycles. The van der Waals surface area contributed by atoms with Crippen LogP contribution in [0, 0.1) is 0 Å². The van der Waals surface area contributed by atoms with E-state index in [1.807, 2.05) is 0 Å². The minimum atomic E-state index is -3.59. The van der Waals surface area contributed by atoms with Gasteiger partial charge in [-0.05, 0) is 43.2 Å². The van der Waals surface area contributed by atoms with E-state index in [2.05, 4.69) is 4.98 Å². The van der Waals surface area contributed by atoms with Gasteiger partial charge in [0.2, 0.25) is 10.0 Å². The molecule has 0 saturated carbocycles. The number of rotatable bonds is 3. The minimum Gasteiger partial charge on any atom is -0.395 e. The van der Waals surface area contributed by atoms with Gasteiger partial charge in [-0.2, -0.15) is 4.31 Å². The molecule has 0 bridgehead atoms. The number of hydrogen-bond donors (Lipinski definition) is 1. The molecule has 0 aliphatic carbocycles. The number of hydrogen-bond acceptors (Lipinski definition) is 4. The van der Waals surface area contributed by atoms with Crippen molar-refractivity contribution in [1.29, 1.82) is 0 Å². The van der Waals surface area contributed by atoms with Gasteiger partial charge >= 0.3 is 0 Å². The summed E-state index contributed by atoms with van der Waals surface area (Å²) in [5.41, 5.74) is 0.654. The predicted octanol–water partition coefficient (Wildman–Crippen LogP) is 2.03. The lowest BCUT2D eigenvalue weighted by Crippen LogP contribution is -2.37. The van der Waals surface area contributed by atoms with Crippen molar-refractivity contribution in [2.45, 2.75) is 23.8 Å². The summed E-state index contributed by atoms with van der Waals surface area (Å²) < 4.78 is 26.8. The van der Waals surface area contributed by atoms with Gasteiger partial charge in [-0.25, -0.2) is 13.4 Å². The van der Waals surface area contributed by atoms with Crippen LogP contribution in [0.3, 0.4) is 0 Å². The standard InChI is InChI=1S/C14H15ClN2O3S/c15-14-6-3-10-8-12(4-5-13(10)16-14)21(19,20)17-7-1-2-11(17)9-18/h3-6,8,11,18H,1-2,7,9H2. The predicted molar refractivity (Wildman–Crippen MR) is 80.8 cm³/mol. The Bertz CT molecular complexity index is 779. The Morgan fingerprint density at radius 2 is 2.14 bits per heavy atom. The Kier molecular flexibility index (Phi) is 3.88. The molecule has 0 radical (unpaired) electrons. The molecule has 0 spiro atoms. The van der Waals surface area contributed by atoms with Crippen molar-refractivity contribution in [2.24, 2.45) is 0 Å². The van der Waals surface area contributed by atoms with Gasteiger partial charge in [0.1, 0.15) is 5.15 Å². The third kappa shape index (κ3) is 2.64. The Balaban J connectivity index is 2.04. The maximum Gasteiger partial charge on any atom is 0.243 e. The van der Waals surface area contributed by atoms with Gasteiger partial charge in [0.25, 0.3) is 0 Å². The smallest absolute Gasteiger partial charge is 0.243 e. The molecule has 1 fully saturated rings. The highest BCUT2D eigenvalue weighted by atomic mass is 35.5. The second-order valence-corrected chi connectivity index (χ2v) is 7.36. The van der Waals surface area contributed by atoms with Crippen molar-refractivity contribution in [3.63, 3.8) is 0 Å². The summed E-state index contributed by atoms with van der Waals surface area (Å²) in [4.78, 5) is 4.37. The third-order valence-corrected chi connectivity index (χ3v) is 5.93. The van der Waals surface area contributed by atoms with E-state index < -0.39 is 10.0 Å². The second kappa shape index (κ2) is 5.53. The number of sulfonamides is 1. The quantitative estimate of drug-likeness (QED) is 0.876. The van der Waals surface area contributed by atoms with E-state index in [9.17, 15) is 13.5 Å². The van der Waals surface area contributed by atoms with Crippen molar-refractivity contribution in [1.82, 2.24) is 9.29 Å². The summed E-state index contributed by atoms with van der Waals surface area (Å²) >= 11 is 5.82. The van der Waals surface area contributed by atoms with E-state index in [1.54, 1.807) is 24.3 Å². The summed E-state index contributed by atoms with van der Waals surface area (Å²) in [6.45, 7) is 0.300. The molecule has 7 heteroatoms. The molecule has 112 valence electrons. The first-order valence-corrected chi connectivity index (χ1v) is 8.53. The molecule has 5 nitrogen and oxygen atoms in total. The lowest BCUT2D eigenvalue weighted by molar-refractivity contribution is 0.213. The average molecular weight is 327 g/mol. The van der Waals surface area contributed by atoms with Crippen LogP contribution >= 0.6 is 11.6 Å². The van der Waals surface area contributed by atoms with Gasteiger partial charge in [0.05, 0.1) is 17.0 Å². The molecule has 1 aliphatic rings. The van der Waals surface area contributed by atoms with Gasteiger partial charge in [-0.15, -0.1) is 0 Å². The topological polar surface area (TPSA) is 70.5 Å². The van der Waals surface area contributed by atoms with Crippen LogP contribution in [-0.2, 0) is 10.0 Å². The maximum atomic E-state index is 12.7. The molecular formula is C14H15ClN2O3S. The second-order valence-electron chi connectivity index (χ2n) is 5.08. The van der Waals surface area contributed by atoms with Gasteiger partial charge < -0.3 is 5.11 Å². The zero-order chi connectivity index (χ0) is 15.0. The van der Waals surface area contributed by atoms with Crippen molar-refractivity contribution in [3.8, 4) is 0 Å². The van der Waals surface area contributed by atoms with Crippen LogP contribution in [0.25, 0.3) is 10.9 Å². The molecule has 1 N–H and O–H groups in total. The fourth-order valence-corrected chi connectivity index (χ4v) is 4.56. The van der Waals surface area contributed by atoms with Gasteiger partial charge in [-0.1, -0.05) is 11.6 Å². The zero-order valence-corrected chi connectivity index (χ0v) is 12.8. The molecule has 1 aliphatic heterocycles. The van der Waals surface area contributed by atoms with Crippen LogP contribution in [0.4, 0.5) is 0 Å². The summed E-state index contributed by atoms with van der Waals surface area (Å²) in [5.74, 6) is 0. The van der Waals surface area contributed by atoms with Crippen LogP contribution in [0.2, 0.25) is 5.15 Å². The molecule has 2 heterocycles. The number of aliphatic hydroxyl groups is 1. The number of nitrogens with zero attached hydrogens (tertiary/aromatic N) is 2. The Morgan fingerprint density at radius 3 is 2.90 bits per heavy atom. The van der Waals surface area contributed by atoms with E-state index >= 15 is 0 Å². The highest BCUT2D eigenvalue weighted by Crippen LogP contribution is 2.27. The van der Waals surface area contributed by atoms with E-state index in [-0.39, 0.29) is 17.5 Å². The molecule has 1 atom stereocenters. The number of halogens is 1. The molecule has 21 heavy (non-hydrogen) atoms. The molecule has 2 aromatic rings. The number of benzene rings is 1. The van der Waals surface area contributed by atoms with Crippen LogP contribution < -0.4 is 0 Å². The van der Waals surface area contributed by atoms with Crippen molar-refractivity contribution >= 4 is 32.5 Å². The van der Waals surface area contributed by atoms with E-state index in [0.717, 1.165) is 11.8 Å². The SMILES string of the molecule is O=S(=O)(c1ccc2nc(Cl)ccc2c1)N1CCCC1CO. The van der Waals surface area contributed by atoms with Crippen molar-refractivity contribution < 1.29 is 13.5 Å². The molecular weight excluding hydrogens is 312 g/mol. The first-order chi connectivity index (χ1) is 10.0. The summed E-state index contributed by atoms with van der Waals surface area (Å²) in [5, 5.41) is 10.4. The first-order valence-electron chi connectivity index (χ1n) is 6.71. The summed E-state index contributed by atoms with van der Waals surface area (Å²) in [6.07, 6.45) is 1.47. The Morgan fingerprint density at radius 1 is 1.33 bits per heavy atom. The number of fused-ring (bicyclic) bond motifs is 1. The van der Waals surface area contributed by atoms with Crippen LogP contribution in [-0.4, -0.2) is 42.0 Å². The first kappa shape index (κ1) is 14.7. The monoisotopic (exact) mass is 326 g/mol. The van der Waals surface area contributed by atoms with Crippen molar-refractivity contribution in [2.75, 3.05) is 13.2 Å². The normalized spacial score (nSPS) is 20.2. The van der Waals surface area contributed by atoms with Gasteiger partial charge in [0.15, 0.2) is 0 Å². The highest BCUT2D eigenvalue weighted by molar-refractivity contribution is 7.89. The fourth-order valence-electron chi connectivity index (χ4n) is 2.68. The lowest BCUT2D eigenvalue weighted by Gasteiger charge is -2.22. The van der Waals surface area contributed by atoms with E-state index in [4.69, 9.17) is 11.6 Å².